The zero-order valence-electron chi connectivity index (χ0n) is 10.1. The molecular weight excluding hydrogens is 230 g/mol. The topological polar surface area (TPSA) is 67.0 Å². The molecule has 2 rings (SSSR count). The van der Waals surface area contributed by atoms with Gasteiger partial charge in [-0.05, 0) is 12.5 Å². The maximum Gasteiger partial charge on any atom is 0.251 e. The van der Waals surface area contributed by atoms with E-state index in [9.17, 15) is 4.79 Å². The predicted molar refractivity (Wildman–Crippen MR) is 68.1 cm³/mol. The van der Waals surface area contributed by atoms with Gasteiger partial charge in [0.15, 0.2) is 0 Å². The molecule has 1 heterocycles. The normalized spacial score (nSPS) is 10.3. The molecular formula is C13H15N3O2. The molecule has 0 radical (unpaired) electrons. The molecule has 18 heavy (non-hydrogen) atoms. The van der Waals surface area contributed by atoms with Gasteiger partial charge in [-0.25, -0.2) is 0 Å². The Morgan fingerprint density at radius 1 is 1.39 bits per heavy atom. The number of ether oxygens (including phenoxy) is 1. The summed E-state index contributed by atoms with van der Waals surface area (Å²) in [4.78, 5) is 11.6. The summed E-state index contributed by atoms with van der Waals surface area (Å²) < 4.78 is 5.32. The summed E-state index contributed by atoms with van der Waals surface area (Å²) in [6, 6.07) is 9.73. The number of hydrogen-bond acceptors (Lipinski definition) is 3. The number of nitrogens with zero attached hydrogens (tertiary/aromatic N) is 1. The van der Waals surface area contributed by atoms with Gasteiger partial charge in [0, 0.05) is 5.56 Å². The lowest BCUT2D eigenvalue weighted by Gasteiger charge is -2.05. The van der Waals surface area contributed by atoms with Crippen LogP contribution in [0.1, 0.15) is 11.1 Å². The maximum atomic E-state index is 11.6. The van der Waals surface area contributed by atoms with Crippen molar-refractivity contribution in [1.82, 2.24) is 10.2 Å². The molecule has 2 aromatic rings. The summed E-state index contributed by atoms with van der Waals surface area (Å²) >= 11 is 0. The van der Waals surface area contributed by atoms with Crippen LogP contribution in [0, 0.1) is 6.92 Å². The molecule has 0 aliphatic carbocycles. The van der Waals surface area contributed by atoms with Crippen molar-refractivity contribution in [2.24, 2.45) is 0 Å². The number of rotatable bonds is 5. The number of aromatic nitrogens is 2. The third kappa shape index (κ3) is 3.43. The molecule has 0 saturated carbocycles. The average Bonchev–Trinajstić information content (AvgIpc) is 2.76. The van der Waals surface area contributed by atoms with E-state index in [2.05, 4.69) is 15.5 Å². The third-order valence-electron chi connectivity index (χ3n) is 2.44. The smallest absolute Gasteiger partial charge is 0.251 e. The van der Waals surface area contributed by atoms with Crippen molar-refractivity contribution in [3.63, 3.8) is 0 Å². The Morgan fingerprint density at radius 2 is 2.17 bits per heavy atom. The van der Waals surface area contributed by atoms with Crippen LogP contribution in [0.4, 0.5) is 5.82 Å². The van der Waals surface area contributed by atoms with Crippen molar-refractivity contribution in [2.45, 2.75) is 13.5 Å². The Bertz CT molecular complexity index is 508. The van der Waals surface area contributed by atoms with E-state index in [4.69, 9.17) is 4.74 Å². The predicted octanol–water partition coefficient (Wildman–Crippen LogP) is 1.87. The second-order valence-electron chi connectivity index (χ2n) is 3.95. The highest BCUT2D eigenvalue weighted by molar-refractivity contribution is 5.91. The highest BCUT2D eigenvalue weighted by atomic mass is 16.5. The number of aromatic amines is 1. The molecule has 0 spiro atoms. The lowest BCUT2D eigenvalue weighted by atomic mass is 10.2. The minimum Gasteiger partial charge on any atom is -0.367 e. The Balaban J connectivity index is 1.74. The van der Waals surface area contributed by atoms with Crippen molar-refractivity contribution < 1.29 is 9.53 Å². The van der Waals surface area contributed by atoms with E-state index in [0.29, 0.717) is 12.4 Å². The molecule has 0 aliphatic heterocycles. The summed E-state index contributed by atoms with van der Waals surface area (Å²) in [5.41, 5.74) is 1.94. The van der Waals surface area contributed by atoms with Gasteiger partial charge in [0.1, 0.15) is 12.4 Å². The second kappa shape index (κ2) is 5.97. The molecule has 5 heteroatoms. The fourth-order valence-corrected chi connectivity index (χ4v) is 1.48. The molecule has 1 aromatic carbocycles. The quantitative estimate of drug-likeness (QED) is 0.845. The first-order valence-corrected chi connectivity index (χ1v) is 5.67. The SMILES string of the molecule is Cc1cn[nH]c1NC(=O)COCc1ccccc1. The van der Waals surface area contributed by atoms with Gasteiger partial charge >= 0.3 is 0 Å². The summed E-state index contributed by atoms with van der Waals surface area (Å²) in [5, 5.41) is 9.22. The van der Waals surface area contributed by atoms with E-state index in [1.54, 1.807) is 6.20 Å². The van der Waals surface area contributed by atoms with Crippen LogP contribution in [-0.4, -0.2) is 22.7 Å². The van der Waals surface area contributed by atoms with E-state index in [0.717, 1.165) is 11.1 Å². The van der Waals surface area contributed by atoms with Gasteiger partial charge in [-0.15, -0.1) is 0 Å². The lowest BCUT2D eigenvalue weighted by molar-refractivity contribution is -0.121. The van der Waals surface area contributed by atoms with E-state index < -0.39 is 0 Å². The van der Waals surface area contributed by atoms with E-state index in [1.165, 1.54) is 0 Å². The van der Waals surface area contributed by atoms with Crippen LogP contribution in [0.25, 0.3) is 0 Å². The molecule has 5 nitrogen and oxygen atoms in total. The van der Waals surface area contributed by atoms with Gasteiger partial charge in [-0.3, -0.25) is 9.89 Å². The van der Waals surface area contributed by atoms with E-state index in [1.807, 2.05) is 37.3 Å². The van der Waals surface area contributed by atoms with Crippen LogP contribution in [0.2, 0.25) is 0 Å². The molecule has 1 amide bonds. The minimum atomic E-state index is -0.196. The molecule has 0 saturated heterocycles. The molecule has 0 aliphatic rings. The first-order valence-electron chi connectivity index (χ1n) is 5.67. The van der Waals surface area contributed by atoms with Crippen molar-refractivity contribution in [3.8, 4) is 0 Å². The van der Waals surface area contributed by atoms with Crippen LogP contribution < -0.4 is 5.32 Å². The fourth-order valence-electron chi connectivity index (χ4n) is 1.48. The number of benzene rings is 1. The first kappa shape index (κ1) is 12.3. The molecule has 94 valence electrons. The molecule has 0 fully saturated rings. The Kier molecular flexibility index (Phi) is 4.09. The summed E-state index contributed by atoms with van der Waals surface area (Å²) in [7, 11) is 0. The fraction of sp³-hybridized carbons (Fsp3) is 0.231. The molecule has 0 bridgehead atoms. The largest absolute Gasteiger partial charge is 0.367 e. The Hall–Kier alpha value is -2.14. The van der Waals surface area contributed by atoms with Crippen molar-refractivity contribution in [1.29, 1.82) is 0 Å². The van der Waals surface area contributed by atoms with Crippen LogP contribution >= 0.6 is 0 Å². The van der Waals surface area contributed by atoms with Gasteiger partial charge < -0.3 is 10.1 Å². The standard InChI is InChI=1S/C13H15N3O2/c1-10-7-14-16-13(10)15-12(17)9-18-8-11-5-3-2-4-6-11/h2-7H,8-9H2,1H3,(H2,14,15,16,17). The number of H-pyrrole nitrogens is 1. The van der Waals surface area contributed by atoms with Crippen LogP contribution in [0.3, 0.4) is 0 Å². The Labute approximate surface area is 105 Å². The number of carbonyl (C=O) groups excluding carboxylic acids is 1. The number of aryl methyl sites for hydroxylation is 1. The van der Waals surface area contributed by atoms with Gasteiger partial charge in [-0.1, -0.05) is 30.3 Å². The minimum absolute atomic E-state index is 0.0212. The summed E-state index contributed by atoms with van der Waals surface area (Å²) in [5.74, 6) is 0.418. The first-order chi connectivity index (χ1) is 8.75. The third-order valence-corrected chi connectivity index (χ3v) is 2.44. The second-order valence-corrected chi connectivity index (χ2v) is 3.95. The van der Waals surface area contributed by atoms with Crippen LogP contribution in [-0.2, 0) is 16.1 Å². The van der Waals surface area contributed by atoms with Gasteiger partial charge in [-0.2, -0.15) is 5.10 Å². The monoisotopic (exact) mass is 245 g/mol. The van der Waals surface area contributed by atoms with Crippen LogP contribution in [0.15, 0.2) is 36.5 Å². The highest BCUT2D eigenvalue weighted by Gasteiger charge is 2.06. The summed E-state index contributed by atoms with van der Waals surface area (Å²) in [6.07, 6.45) is 1.65. The Morgan fingerprint density at radius 3 is 2.83 bits per heavy atom. The van der Waals surface area contributed by atoms with E-state index >= 15 is 0 Å². The van der Waals surface area contributed by atoms with E-state index in [-0.39, 0.29) is 12.5 Å². The van der Waals surface area contributed by atoms with Crippen molar-refractivity contribution in [2.75, 3.05) is 11.9 Å². The van der Waals surface area contributed by atoms with Gasteiger partial charge in [0.05, 0.1) is 12.8 Å². The highest BCUT2D eigenvalue weighted by Crippen LogP contribution is 2.08. The molecule has 0 atom stereocenters. The number of amides is 1. The number of anilines is 1. The zero-order valence-corrected chi connectivity index (χ0v) is 10.1. The van der Waals surface area contributed by atoms with Gasteiger partial charge in [0.2, 0.25) is 0 Å². The number of hydrogen-bond donors (Lipinski definition) is 2. The lowest BCUT2D eigenvalue weighted by Crippen LogP contribution is -2.18. The number of nitrogens with one attached hydrogen (secondary N) is 2. The zero-order chi connectivity index (χ0) is 12.8. The maximum absolute atomic E-state index is 11.6. The molecule has 2 N–H and O–H groups in total. The van der Waals surface area contributed by atoms with Crippen molar-refractivity contribution >= 4 is 11.7 Å². The van der Waals surface area contributed by atoms with Crippen LogP contribution in [0.5, 0.6) is 0 Å². The molecule has 1 aromatic heterocycles. The van der Waals surface area contributed by atoms with Gasteiger partial charge in [0.25, 0.3) is 5.91 Å². The average molecular weight is 245 g/mol. The molecule has 0 unspecified atom stereocenters. The number of carbonyl (C=O) groups is 1. The van der Waals surface area contributed by atoms with Crippen molar-refractivity contribution in [3.05, 3.63) is 47.7 Å². The summed E-state index contributed by atoms with van der Waals surface area (Å²) in [6.45, 7) is 2.31.